The molecule has 0 aliphatic carbocycles. The summed E-state index contributed by atoms with van der Waals surface area (Å²) >= 11 is 0. The van der Waals surface area contributed by atoms with Gasteiger partial charge in [0.25, 0.3) is 0 Å². The van der Waals surface area contributed by atoms with Crippen LogP contribution in [0.5, 0.6) is 5.75 Å². The third-order valence-corrected chi connectivity index (χ3v) is 8.13. The van der Waals surface area contributed by atoms with Crippen molar-refractivity contribution >= 4 is 0 Å². The Morgan fingerprint density at radius 3 is 1.29 bits per heavy atom. The van der Waals surface area contributed by atoms with E-state index in [0.717, 1.165) is 31.6 Å². The molecule has 1 fully saturated rings. The fourth-order valence-electron chi connectivity index (χ4n) is 5.20. The molecule has 0 N–H and O–H groups in total. The zero-order chi connectivity index (χ0) is 36.7. The molecule has 0 saturated carbocycles. The van der Waals surface area contributed by atoms with Gasteiger partial charge in [0.2, 0.25) is 0 Å². The van der Waals surface area contributed by atoms with Gasteiger partial charge in [-0.3, -0.25) is 0 Å². The zero-order valence-corrected chi connectivity index (χ0v) is 32.4. The van der Waals surface area contributed by atoms with Crippen LogP contribution in [0.2, 0.25) is 0 Å². The fourth-order valence-corrected chi connectivity index (χ4v) is 5.20. The van der Waals surface area contributed by atoms with E-state index >= 15 is 0 Å². The van der Waals surface area contributed by atoms with Gasteiger partial charge < -0.3 is 56.8 Å². The average molecular weight is 745 g/mol. The maximum absolute atomic E-state index is 5.79. The van der Waals surface area contributed by atoms with E-state index in [1.54, 1.807) is 0 Å². The Morgan fingerprint density at radius 2 is 0.865 bits per heavy atom. The van der Waals surface area contributed by atoms with E-state index in [9.17, 15) is 0 Å². The van der Waals surface area contributed by atoms with E-state index in [-0.39, 0.29) is 6.29 Å². The van der Waals surface area contributed by atoms with Gasteiger partial charge in [0.05, 0.1) is 126 Å². The van der Waals surface area contributed by atoms with Crippen molar-refractivity contribution in [1.82, 2.24) is 0 Å². The van der Waals surface area contributed by atoms with E-state index in [0.29, 0.717) is 132 Å². The lowest BCUT2D eigenvalue weighted by Gasteiger charge is -2.22. The molecule has 12 heteroatoms. The van der Waals surface area contributed by atoms with Crippen LogP contribution in [-0.4, -0.2) is 145 Å². The van der Waals surface area contributed by atoms with Gasteiger partial charge in [-0.2, -0.15) is 0 Å². The average Bonchev–Trinajstić information content (AvgIpc) is 3.17. The summed E-state index contributed by atoms with van der Waals surface area (Å²) in [7, 11) is 0. The molecule has 1 aliphatic rings. The minimum atomic E-state index is -0.0647. The second-order valence-corrected chi connectivity index (χ2v) is 12.5. The van der Waals surface area contributed by atoms with Gasteiger partial charge in [0.1, 0.15) is 12.4 Å². The van der Waals surface area contributed by atoms with Gasteiger partial charge in [0.15, 0.2) is 6.29 Å². The number of hydrogen-bond donors (Lipinski definition) is 0. The molecule has 0 bridgehead atoms. The van der Waals surface area contributed by atoms with Crippen molar-refractivity contribution in [2.75, 3.05) is 139 Å². The topological polar surface area (TPSA) is 111 Å². The smallest absolute Gasteiger partial charge is 0.157 e. The Labute approximate surface area is 314 Å². The minimum Gasteiger partial charge on any atom is -0.491 e. The Kier molecular flexibility index (Phi) is 34.0. The van der Waals surface area contributed by atoms with E-state index in [4.69, 9.17) is 56.8 Å². The van der Waals surface area contributed by atoms with Crippen molar-refractivity contribution in [2.45, 2.75) is 83.8 Å². The van der Waals surface area contributed by atoms with Crippen LogP contribution in [0, 0.1) is 0 Å². The van der Waals surface area contributed by atoms with Gasteiger partial charge >= 0.3 is 0 Å². The second-order valence-electron chi connectivity index (χ2n) is 12.5. The summed E-state index contributed by atoms with van der Waals surface area (Å²) in [5.41, 5.74) is 1.38. The summed E-state index contributed by atoms with van der Waals surface area (Å²) in [5.74, 6) is 0.888. The third-order valence-electron chi connectivity index (χ3n) is 8.13. The van der Waals surface area contributed by atoms with Crippen LogP contribution >= 0.6 is 0 Å². The molecule has 1 heterocycles. The molecule has 304 valence electrons. The van der Waals surface area contributed by atoms with Gasteiger partial charge in [0, 0.05) is 6.61 Å². The highest BCUT2D eigenvalue weighted by molar-refractivity contribution is 5.27. The summed E-state index contributed by atoms with van der Waals surface area (Å²) in [5, 5.41) is 0. The maximum Gasteiger partial charge on any atom is 0.157 e. The number of aryl methyl sites for hydroxylation is 1. The molecule has 12 nitrogen and oxygen atoms in total. The van der Waals surface area contributed by atoms with Crippen LogP contribution < -0.4 is 4.74 Å². The van der Waals surface area contributed by atoms with Gasteiger partial charge in [-0.15, -0.1) is 0 Å². The van der Waals surface area contributed by atoms with Gasteiger partial charge in [-0.25, -0.2) is 0 Å². The Balaban J connectivity index is 1.17. The van der Waals surface area contributed by atoms with Crippen molar-refractivity contribution in [3.63, 3.8) is 0 Å². The van der Waals surface area contributed by atoms with Crippen molar-refractivity contribution in [3.8, 4) is 5.75 Å². The monoisotopic (exact) mass is 745 g/mol. The van der Waals surface area contributed by atoms with Crippen LogP contribution in [0.4, 0.5) is 0 Å². The molecular weight excluding hydrogens is 672 g/mol. The first-order valence-corrected chi connectivity index (χ1v) is 20.0. The zero-order valence-electron chi connectivity index (χ0n) is 32.4. The first-order valence-electron chi connectivity index (χ1n) is 20.0. The first kappa shape index (κ1) is 46.7. The van der Waals surface area contributed by atoms with Crippen LogP contribution in [0.1, 0.15) is 76.7 Å². The molecule has 1 aliphatic heterocycles. The summed E-state index contributed by atoms with van der Waals surface area (Å²) in [6.45, 7) is 13.6. The van der Waals surface area contributed by atoms with Crippen LogP contribution in [0.15, 0.2) is 24.3 Å². The van der Waals surface area contributed by atoms with Crippen molar-refractivity contribution < 1.29 is 56.8 Å². The Bertz CT molecular complexity index is 840. The lowest BCUT2D eigenvalue weighted by Crippen LogP contribution is -2.24. The molecule has 0 aromatic heterocycles. The third kappa shape index (κ3) is 31.0. The lowest BCUT2D eigenvalue weighted by molar-refractivity contribution is -0.169. The summed E-state index contributed by atoms with van der Waals surface area (Å²) in [6, 6.07) is 8.46. The molecule has 2 rings (SSSR count). The molecule has 0 amide bonds. The summed E-state index contributed by atoms with van der Waals surface area (Å²) in [6.07, 6.45) is 13.7. The first-order chi connectivity index (χ1) is 25.9. The highest BCUT2D eigenvalue weighted by atomic mass is 16.7. The highest BCUT2D eigenvalue weighted by Crippen LogP contribution is 2.16. The standard InChI is InChI=1S/C40H72O12/c1-2-3-4-5-6-7-8-11-38-13-15-39(16-14-38)50-36-34-48-32-30-46-28-26-44-24-22-42-20-18-41-19-21-43-23-25-45-27-29-47-31-33-49-35-37-52-40-12-9-10-17-51-40/h13-16,40H,2-12,17-37H2,1H3. The normalized spacial score (nSPS) is 14.7. The molecule has 1 saturated heterocycles. The molecule has 0 radical (unpaired) electrons. The minimum absolute atomic E-state index is 0.0647. The van der Waals surface area contributed by atoms with Crippen LogP contribution in [0.25, 0.3) is 0 Å². The number of rotatable bonds is 40. The number of benzene rings is 1. The molecule has 0 spiro atoms. The SMILES string of the molecule is CCCCCCCCCc1ccc(OCCOCCOCCOCCOCCOCCOCCOCCOCCOCCOC2CCCCO2)cc1. The second kappa shape index (κ2) is 37.9. The molecule has 1 unspecified atom stereocenters. The van der Waals surface area contributed by atoms with E-state index in [2.05, 4.69) is 31.2 Å². The molecular formula is C40H72O12. The van der Waals surface area contributed by atoms with Crippen LogP contribution in [0.3, 0.4) is 0 Å². The summed E-state index contributed by atoms with van der Waals surface area (Å²) in [4.78, 5) is 0. The largest absolute Gasteiger partial charge is 0.491 e. The Morgan fingerprint density at radius 1 is 0.462 bits per heavy atom. The van der Waals surface area contributed by atoms with Gasteiger partial charge in [-0.05, 0) is 49.8 Å². The lowest BCUT2D eigenvalue weighted by atomic mass is 10.0. The number of ether oxygens (including phenoxy) is 12. The van der Waals surface area contributed by atoms with E-state index in [1.165, 1.54) is 56.9 Å². The quantitative estimate of drug-likeness (QED) is 0.0730. The number of hydrogen-bond acceptors (Lipinski definition) is 12. The molecule has 52 heavy (non-hydrogen) atoms. The van der Waals surface area contributed by atoms with E-state index in [1.807, 2.05) is 0 Å². The molecule has 1 aromatic rings. The van der Waals surface area contributed by atoms with Gasteiger partial charge in [-0.1, -0.05) is 57.6 Å². The predicted molar refractivity (Wildman–Crippen MR) is 201 cm³/mol. The molecule has 1 aromatic carbocycles. The van der Waals surface area contributed by atoms with Crippen molar-refractivity contribution in [1.29, 1.82) is 0 Å². The Hall–Kier alpha value is -1.42. The fraction of sp³-hybridized carbons (Fsp3) is 0.850. The maximum atomic E-state index is 5.79. The van der Waals surface area contributed by atoms with Crippen molar-refractivity contribution in [3.05, 3.63) is 29.8 Å². The highest BCUT2D eigenvalue weighted by Gasteiger charge is 2.13. The molecule has 1 atom stereocenters. The summed E-state index contributed by atoms with van der Waals surface area (Å²) < 4.78 is 66.6. The van der Waals surface area contributed by atoms with Crippen molar-refractivity contribution in [2.24, 2.45) is 0 Å². The van der Waals surface area contributed by atoms with Crippen LogP contribution in [-0.2, 0) is 58.5 Å². The predicted octanol–water partition coefficient (Wildman–Crippen LogP) is 6.05. The number of unbranched alkanes of at least 4 members (excludes halogenated alkanes) is 6. The van der Waals surface area contributed by atoms with E-state index < -0.39 is 0 Å².